The van der Waals surface area contributed by atoms with Crippen LogP contribution in [0.2, 0.25) is 5.15 Å². The maximum Gasteiger partial charge on any atom is 0.325 e. The highest BCUT2D eigenvalue weighted by molar-refractivity contribution is 7.98. The Morgan fingerprint density at radius 3 is 3.07 bits per heavy atom. The van der Waals surface area contributed by atoms with Crippen molar-refractivity contribution in [2.24, 2.45) is 0 Å². The minimum atomic E-state index is -0.576. The molecule has 84 valence electrons. The van der Waals surface area contributed by atoms with Gasteiger partial charge < -0.3 is 4.74 Å². The molecule has 0 spiro atoms. The molecule has 0 N–H and O–H groups in total. The standard InChI is InChI=1S/C7H10ClN3O3S/c1-15-3-2-14-5-10-7(8)6(4-9-10)11(12)13/h4H,2-3,5H2,1H3. The molecule has 1 aromatic heterocycles. The molecule has 0 aliphatic heterocycles. The van der Waals surface area contributed by atoms with Gasteiger partial charge in [0.15, 0.2) is 0 Å². The SMILES string of the molecule is CSCCOCn1ncc([N+](=O)[O-])c1Cl. The lowest BCUT2D eigenvalue weighted by Gasteiger charge is -2.03. The number of hydrogen-bond acceptors (Lipinski definition) is 5. The van der Waals surface area contributed by atoms with Gasteiger partial charge in [-0.2, -0.15) is 16.9 Å². The van der Waals surface area contributed by atoms with Gasteiger partial charge in [-0.3, -0.25) is 10.1 Å². The van der Waals surface area contributed by atoms with Crippen molar-refractivity contribution in [3.8, 4) is 0 Å². The zero-order valence-electron chi connectivity index (χ0n) is 8.05. The molecular formula is C7H10ClN3O3S. The van der Waals surface area contributed by atoms with Crippen LogP contribution >= 0.6 is 23.4 Å². The third-order valence-corrected chi connectivity index (χ3v) is 2.56. The summed E-state index contributed by atoms with van der Waals surface area (Å²) in [5.74, 6) is 0.862. The van der Waals surface area contributed by atoms with Crippen molar-refractivity contribution in [1.29, 1.82) is 0 Å². The van der Waals surface area contributed by atoms with Crippen molar-refractivity contribution in [1.82, 2.24) is 9.78 Å². The molecular weight excluding hydrogens is 242 g/mol. The van der Waals surface area contributed by atoms with Crippen molar-refractivity contribution in [2.75, 3.05) is 18.6 Å². The highest BCUT2D eigenvalue weighted by Gasteiger charge is 2.18. The van der Waals surface area contributed by atoms with Crippen LogP contribution in [-0.4, -0.2) is 33.3 Å². The van der Waals surface area contributed by atoms with Crippen molar-refractivity contribution in [3.05, 3.63) is 21.5 Å². The summed E-state index contributed by atoms with van der Waals surface area (Å²) in [6.07, 6.45) is 3.08. The Morgan fingerprint density at radius 1 is 1.80 bits per heavy atom. The van der Waals surface area contributed by atoms with E-state index in [2.05, 4.69) is 5.10 Å². The van der Waals surface area contributed by atoms with Crippen molar-refractivity contribution < 1.29 is 9.66 Å². The molecule has 15 heavy (non-hydrogen) atoms. The van der Waals surface area contributed by atoms with E-state index in [9.17, 15) is 10.1 Å². The lowest BCUT2D eigenvalue weighted by atomic mass is 10.6. The van der Waals surface area contributed by atoms with E-state index < -0.39 is 4.92 Å². The van der Waals surface area contributed by atoms with Crippen LogP contribution in [0.25, 0.3) is 0 Å². The number of hydrogen-bond donors (Lipinski definition) is 0. The van der Waals surface area contributed by atoms with Crippen LogP contribution in [0.15, 0.2) is 6.20 Å². The van der Waals surface area contributed by atoms with Gasteiger partial charge in [-0.1, -0.05) is 11.6 Å². The van der Waals surface area contributed by atoms with Gasteiger partial charge in [0.2, 0.25) is 5.15 Å². The molecule has 0 fully saturated rings. The number of rotatable bonds is 6. The van der Waals surface area contributed by atoms with Gasteiger partial charge in [0.1, 0.15) is 12.9 Å². The number of thioether (sulfide) groups is 1. The van der Waals surface area contributed by atoms with Crippen LogP contribution in [0.5, 0.6) is 0 Å². The van der Waals surface area contributed by atoms with E-state index in [0.29, 0.717) is 6.61 Å². The molecule has 0 atom stereocenters. The van der Waals surface area contributed by atoms with Gasteiger partial charge in [-0.25, -0.2) is 4.68 Å². The first-order valence-electron chi connectivity index (χ1n) is 4.09. The molecule has 1 aromatic rings. The van der Waals surface area contributed by atoms with E-state index in [-0.39, 0.29) is 17.6 Å². The lowest BCUT2D eigenvalue weighted by Crippen LogP contribution is -2.06. The van der Waals surface area contributed by atoms with Gasteiger partial charge in [0.05, 0.1) is 11.5 Å². The van der Waals surface area contributed by atoms with Crippen LogP contribution < -0.4 is 0 Å². The van der Waals surface area contributed by atoms with Gasteiger partial charge in [0.25, 0.3) is 0 Å². The summed E-state index contributed by atoms with van der Waals surface area (Å²) in [6.45, 7) is 0.693. The molecule has 0 aliphatic carbocycles. The summed E-state index contributed by atoms with van der Waals surface area (Å²) in [4.78, 5) is 9.86. The number of nitrogens with zero attached hydrogens (tertiary/aromatic N) is 3. The lowest BCUT2D eigenvalue weighted by molar-refractivity contribution is -0.384. The van der Waals surface area contributed by atoms with E-state index in [0.717, 1.165) is 11.9 Å². The van der Waals surface area contributed by atoms with Gasteiger partial charge in [-0.05, 0) is 6.26 Å². The zero-order valence-corrected chi connectivity index (χ0v) is 9.62. The Bertz CT molecular complexity index is 344. The second-order valence-electron chi connectivity index (χ2n) is 2.61. The first kappa shape index (κ1) is 12.3. The molecule has 0 saturated heterocycles. The normalized spacial score (nSPS) is 10.5. The summed E-state index contributed by atoms with van der Waals surface area (Å²) < 4.78 is 6.46. The number of nitro groups is 1. The first-order chi connectivity index (χ1) is 7.16. The Hall–Kier alpha value is -0.790. The Morgan fingerprint density at radius 2 is 2.53 bits per heavy atom. The minimum Gasteiger partial charge on any atom is -0.358 e. The molecule has 0 bridgehead atoms. The second-order valence-corrected chi connectivity index (χ2v) is 3.95. The molecule has 0 saturated carbocycles. The van der Waals surface area contributed by atoms with Crippen LogP contribution in [0.1, 0.15) is 0 Å². The monoisotopic (exact) mass is 251 g/mol. The number of aromatic nitrogens is 2. The second kappa shape index (κ2) is 5.94. The molecule has 1 rings (SSSR count). The largest absolute Gasteiger partial charge is 0.358 e. The maximum absolute atomic E-state index is 10.4. The van der Waals surface area contributed by atoms with Gasteiger partial charge in [0, 0.05) is 5.75 Å². The topological polar surface area (TPSA) is 70.2 Å². The first-order valence-corrected chi connectivity index (χ1v) is 5.86. The summed E-state index contributed by atoms with van der Waals surface area (Å²) in [7, 11) is 0. The average Bonchev–Trinajstić information content (AvgIpc) is 2.55. The molecule has 8 heteroatoms. The Labute approximate surface area is 95.7 Å². The molecule has 0 unspecified atom stereocenters. The third-order valence-electron chi connectivity index (χ3n) is 1.60. The Kier molecular flexibility index (Phi) is 4.86. The fourth-order valence-corrected chi connectivity index (χ4v) is 1.36. The molecule has 0 aliphatic rings. The highest BCUT2D eigenvalue weighted by atomic mass is 35.5. The fourth-order valence-electron chi connectivity index (χ4n) is 0.866. The number of halogens is 1. The summed E-state index contributed by atoms with van der Waals surface area (Å²) in [5.41, 5.74) is -0.204. The van der Waals surface area contributed by atoms with E-state index in [1.807, 2.05) is 6.26 Å². The summed E-state index contributed by atoms with van der Waals surface area (Å²) in [6, 6.07) is 0. The quantitative estimate of drug-likeness (QED) is 0.438. The Balaban J connectivity index is 2.51. The predicted octanol–water partition coefficient (Wildman–Crippen LogP) is 1.78. The van der Waals surface area contributed by atoms with Crippen LogP contribution in [0.4, 0.5) is 5.69 Å². The van der Waals surface area contributed by atoms with Gasteiger partial charge >= 0.3 is 5.69 Å². The maximum atomic E-state index is 10.4. The van der Waals surface area contributed by atoms with Crippen molar-refractivity contribution in [2.45, 2.75) is 6.73 Å². The van der Waals surface area contributed by atoms with E-state index >= 15 is 0 Å². The third kappa shape index (κ3) is 3.37. The van der Waals surface area contributed by atoms with Crippen LogP contribution in [0.3, 0.4) is 0 Å². The molecule has 6 nitrogen and oxygen atoms in total. The van der Waals surface area contributed by atoms with Gasteiger partial charge in [-0.15, -0.1) is 0 Å². The van der Waals surface area contributed by atoms with E-state index in [1.165, 1.54) is 4.68 Å². The average molecular weight is 252 g/mol. The van der Waals surface area contributed by atoms with Crippen molar-refractivity contribution >= 4 is 29.1 Å². The molecule has 0 aromatic carbocycles. The summed E-state index contributed by atoms with van der Waals surface area (Å²) in [5, 5.41) is 14.2. The molecule has 1 heterocycles. The summed E-state index contributed by atoms with van der Waals surface area (Å²) >= 11 is 7.36. The predicted molar refractivity (Wildman–Crippen MR) is 58.2 cm³/mol. The van der Waals surface area contributed by atoms with Crippen molar-refractivity contribution in [3.63, 3.8) is 0 Å². The van der Waals surface area contributed by atoms with E-state index in [1.54, 1.807) is 11.8 Å². The molecule has 0 amide bonds. The van der Waals surface area contributed by atoms with Crippen LogP contribution in [0, 0.1) is 10.1 Å². The smallest absolute Gasteiger partial charge is 0.325 e. The molecule has 0 radical (unpaired) electrons. The fraction of sp³-hybridized carbons (Fsp3) is 0.571. The minimum absolute atomic E-state index is 0.0100. The highest BCUT2D eigenvalue weighted by Crippen LogP contribution is 2.22. The zero-order chi connectivity index (χ0) is 11.3. The van der Waals surface area contributed by atoms with E-state index in [4.69, 9.17) is 16.3 Å². The number of ether oxygens (including phenoxy) is 1. The van der Waals surface area contributed by atoms with Crippen LogP contribution in [-0.2, 0) is 11.5 Å².